The predicted octanol–water partition coefficient (Wildman–Crippen LogP) is 2.36. The van der Waals surface area contributed by atoms with Crippen LogP contribution < -0.4 is 5.32 Å². The maximum absolute atomic E-state index is 12.6. The molecule has 1 aromatic rings. The minimum atomic E-state index is 0.162. The third-order valence-electron chi connectivity index (χ3n) is 5.94. The van der Waals surface area contributed by atoms with E-state index < -0.39 is 0 Å². The Kier molecular flexibility index (Phi) is 8.11. The van der Waals surface area contributed by atoms with Crippen molar-refractivity contribution in [3.05, 3.63) is 35.9 Å². The monoisotopic (exact) mass is 372 g/mol. The van der Waals surface area contributed by atoms with Crippen molar-refractivity contribution in [2.75, 3.05) is 59.4 Å². The predicted molar refractivity (Wildman–Crippen MR) is 111 cm³/mol. The van der Waals surface area contributed by atoms with Gasteiger partial charge in [-0.05, 0) is 58.1 Å². The van der Waals surface area contributed by atoms with Gasteiger partial charge in [0.2, 0.25) is 5.91 Å². The molecule has 0 aliphatic carbocycles. The molecule has 2 aliphatic heterocycles. The molecule has 150 valence electrons. The van der Waals surface area contributed by atoms with Crippen LogP contribution in [0, 0.1) is 0 Å². The normalized spacial score (nSPS) is 22.0. The van der Waals surface area contributed by atoms with Gasteiger partial charge >= 0.3 is 0 Å². The first-order chi connectivity index (χ1) is 13.2. The second-order valence-corrected chi connectivity index (χ2v) is 8.11. The molecule has 0 aromatic heterocycles. The number of benzene rings is 1. The smallest absolute Gasteiger partial charge is 0.234 e. The van der Waals surface area contributed by atoms with Gasteiger partial charge in [-0.1, -0.05) is 43.2 Å². The Hall–Kier alpha value is -1.43. The van der Waals surface area contributed by atoms with Gasteiger partial charge in [0.1, 0.15) is 0 Å². The van der Waals surface area contributed by atoms with Gasteiger partial charge in [-0.15, -0.1) is 0 Å². The molecule has 0 saturated carbocycles. The summed E-state index contributed by atoms with van der Waals surface area (Å²) < 4.78 is 0. The number of nitrogens with zero attached hydrogens (tertiary/aromatic N) is 3. The van der Waals surface area contributed by atoms with Gasteiger partial charge in [-0.2, -0.15) is 0 Å². The van der Waals surface area contributed by atoms with Crippen LogP contribution >= 0.6 is 0 Å². The largest absolute Gasteiger partial charge is 0.353 e. The quantitative estimate of drug-likeness (QED) is 0.832. The fourth-order valence-corrected chi connectivity index (χ4v) is 4.27. The summed E-state index contributed by atoms with van der Waals surface area (Å²) in [5.41, 5.74) is 1.32. The van der Waals surface area contributed by atoms with Crippen molar-refractivity contribution in [1.29, 1.82) is 0 Å². The molecular formula is C22H36N4O. The van der Waals surface area contributed by atoms with Crippen LogP contribution in [0.25, 0.3) is 0 Å². The molecule has 0 spiro atoms. The second kappa shape index (κ2) is 10.8. The summed E-state index contributed by atoms with van der Waals surface area (Å²) in [6.07, 6.45) is 6.32. The Morgan fingerprint density at radius 1 is 0.926 bits per heavy atom. The molecule has 3 rings (SSSR count). The number of carbonyl (C=O) groups is 1. The van der Waals surface area contributed by atoms with Crippen LogP contribution in [0.2, 0.25) is 0 Å². The highest BCUT2D eigenvalue weighted by Crippen LogP contribution is 2.23. The number of likely N-dealkylation sites (tertiary alicyclic amines) is 1. The summed E-state index contributed by atoms with van der Waals surface area (Å²) in [6.45, 7) is 7.68. The Bertz CT molecular complexity index is 557. The van der Waals surface area contributed by atoms with Gasteiger partial charge in [0.15, 0.2) is 0 Å². The second-order valence-electron chi connectivity index (χ2n) is 8.11. The van der Waals surface area contributed by atoms with Gasteiger partial charge in [0.25, 0.3) is 0 Å². The van der Waals surface area contributed by atoms with E-state index in [2.05, 4.69) is 57.4 Å². The minimum absolute atomic E-state index is 0.162. The fourth-order valence-electron chi connectivity index (χ4n) is 4.27. The maximum Gasteiger partial charge on any atom is 0.234 e. The lowest BCUT2D eigenvalue weighted by Crippen LogP contribution is -2.43. The molecule has 1 N–H and O–H groups in total. The lowest BCUT2D eigenvalue weighted by atomic mass is 10.0. The Balaban J connectivity index is 1.56. The summed E-state index contributed by atoms with van der Waals surface area (Å²) in [5.74, 6) is 0.162. The van der Waals surface area contributed by atoms with Crippen molar-refractivity contribution in [3.8, 4) is 0 Å². The van der Waals surface area contributed by atoms with Crippen LogP contribution in [-0.4, -0.2) is 80.0 Å². The average molecular weight is 373 g/mol. The van der Waals surface area contributed by atoms with E-state index >= 15 is 0 Å². The van der Waals surface area contributed by atoms with Crippen molar-refractivity contribution in [2.45, 2.75) is 38.1 Å². The summed E-state index contributed by atoms with van der Waals surface area (Å²) in [6, 6.07) is 11.0. The molecule has 2 heterocycles. The topological polar surface area (TPSA) is 38.8 Å². The summed E-state index contributed by atoms with van der Waals surface area (Å²) in [7, 11) is 2.16. The third kappa shape index (κ3) is 6.59. The molecule has 1 amide bonds. The van der Waals surface area contributed by atoms with E-state index in [1.165, 1.54) is 31.2 Å². The molecule has 5 heteroatoms. The number of likely N-dealkylation sites (N-methyl/N-ethyl adjacent to an activating group) is 1. The SMILES string of the molecule is CN1CCCN(CC(=O)NC[C@@H](c2ccccc2)N2CCCCCC2)CC1. The van der Waals surface area contributed by atoms with Gasteiger partial charge < -0.3 is 10.2 Å². The van der Waals surface area contributed by atoms with Gasteiger partial charge in [0, 0.05) is 19.6 Å². The fraction of sp³-hybridized carbons (Fsp3) is 0.682. The molecule has 2 saturated heterocycles. The first-order valence-corrected chi connectivity index (χ1v) is 10.7. The number of hydrogen-bond donors (Lipinski definition) is 1. The van der Waals surface area contributed by atoms with Crippen molar-refractivity contribution in [3.63, 3.8) is 0 Å². The molecule has 2 aliphatic rings. The van der Waals surface area contributed by atoms with Gasteiger partial charge in [-0.25, -0.2) is 0 Å². The van der Waals surface area contributed by atoms with Crippen LogP contribution in [0.15, 0.2) is 30.3 Å². The van der Waals surface area contributed by atoms with Crippen LogP contribution in [0.4, 0.5) is 0 Å². The third-order valence-corrected chi connectivity index (χ3v) is 5.94. The van der Waals surface area contributed by atoms with Crippen molar-refractivity contribution in [2.24, 2.45) is 0 Å². The molecule has 5 nitrogen and oxygen atoms in total. The van der Waals surface area contributed by atoms with E-state index in [9.17, 15) is 4.79 Å². The molecule has 27 heavy (non-hydrogen) atoms. The maximum atomic E-state index is 12.6. The average Bonchev–Trinajstić information content (AvgIpc) is 3.06. The minimum Gasteiger partial charge on any atom is -0.353 e. The number of rotatable bonds is 6. The van der Waals surface area contributed by atoms with Gasteiger partial charge in [0.05, 0.1) is 12.6 Å². The Labute approximate surface area is 164 Å². The van der Waals surface area contributed by atoms with Crippen molar-refractivity contribution in [1.82, 2.24) is 20.0 Å². The summed E-state index contributed by atoms with van der Waals surface area (Å²) in [4.78, 5) is 19.8. The highest BCUT2D eigenvalue weighted by Gasteiger charge is 2.22. The van der Waals surface area contributed by atoms with Crippen LogP contribution in [0.5, 0.6) is 0 Å². The van der Waals surface area contributed by atoms with E-state index in [0.29, 0.717) is 13.1 Å². The summed E-state index contributed by atoms with van der Waals surface area (Å²) >= 11 is 0. The van der Waals surface area contributed by atoms with E-state index in [1.54, 1.807) is 0 Å². The van der Waals surface area contributed by atoms with Crippen LogP contribution in [0.3, 0.4) is 0 Å². The zero-order valence-corrected chi connectivity index (χ0v) is 16.9. The number of carbonyl (C=O) groups excluding carboxylic acids is 1. The van der Waals surface area contributed by atoms with Crippen LogP contribution in [-0.2, 0) is 4.79 Å². The Morgan fingerprint density at radius 3 is 2.41 bits per heavy atom. The molecule has 0 radical (unpaired) electrons. The molecular weight excluding hydrogens is 336 g/mol. The highest BCUT2D eigenvalue weighted by molar-refractivity contribution is 5.78. The van der Waals surface area contributed by atoms with Gasteiger partial charge in [-0.3, -0.25) is 14.6 Å². The first-order valence-electron chi connectivity index (χ1n) is 10.7. The lowest BCUT2D eigenvalue weighted by molar-refractivity contribution is -0.122. The van der Waals surface area contributed by atoms with E-state index in [-0.39, 0.29) is 11.9 Å². The van der Waals surface area contributed by atoms with Crippen LogP contribution in [0.1, 0.15) is 43.7 Å². The first kappa shape index (κ1) is 20.3. The zero-order chi connectivity index (χ0) is 18.9. The lowest BCUT2D eigenvalue weighted by Gasteiger charge is -2.31. The highest BCUT2D eigenvalue weighted by atomic mass is 16.2. The number of amides is 1. The molecule has 2 fully saturated rings. The molecule has 0 unspecified atom stereocenters. The van der Waals surface area contributed by atoms with E-state index in [1.807, 2.05) is 0 Å². The number of nitrogens with one attached hydrogen (secondary N) is 1. The Morgan fingerprint density at radius 2 is 1.67 bits per heavy atom. The standard InChI is InChI=1S/C22H36N4O/c1-24-12-9-13-25(17-16-24)19-22(27)23-18-21(20-10-5-4-6-11-20)26-14-7-2-3-8-15-26/h4-6,10-11,21H,2-3,7-9,12-19H2,1H3,(H,23,27)/t21-/m0/s1. The van der Waals surface area contributed by atoms with Crippen molar-refractivity contribution >= 4 is 5.91 Å². The molecule has 1 atom stereocenters. The molecule has 1 aromatic carbocycles. The summed E-state index contributed by atoms with van der Waals surface area (Å²) in [5, 5.41) is 3.24. The number of hydrogen-bond acceptors (Lipinski definition) is 4. The molecule has 0 bridgehead atoms. The zero-order valence-electron chi connectivity index (χ0n) is 16.9. The van der Waals surface area contributed by atoms with E-state index in [4.69, 9.17) is 0 Å². The van der Waals surface area contributed by atoms with Crippen molar-refractivity contribution < 1.29 is 4.79 Å². The van der Waals surface area contributed by atoms with E-state index in [0.717, 1.165) is 45.7 Å².